The van der Waals surface area contributed by atoms with Crippen LogP contribution in [0.15, 0.2) is 24.3 Å². The zero-order valence-corrected chi connectivity index (χ0v) is 15.2. The molecule has 6 nitrogen and oxygen atoms in total. The van der Waals surface area contributed by atoms with Gasteiger partial charge in [0.05, 0.1) is 25.0 Å². The maximum atomic E-state index is 12.9. The third kappa shape index (κ3) is 3.76. The van der Waals surface area contributed by atoms with Gasteiger partial charge in [0.25, 0.3) is 0 Å². The van der Waals surface area contributed by atoms with Gasteiger partial charge < -0.3 is 15.0 Å². The molecule has 2 unspecified atom stereocenters. The molecule has 2 heterocycles. The van der Waals surface area contributed by atoms with Gasteiger partial charge in [-0.15, -0.1) is 0 Å². The Labute approximate surface area is 154 Å². The fraction of sp³-hybridized carbons (Fsp3) is 0.600. The fourth-order valence-electron chi connectivity index (χ4n) is 4.01. The number of hydrogen-bond donors (Lipinski definition) is 1. The van der Waals surface area contributed by atoms with Crippen molar-refractivity contribution in [3.63, 3.8) is 0 Å². The van der Waals surface area contributed by atoms with E-state index < -0.39 is 0 Å². The molecule has 1 aromatic rings. The molecule has 1 aromatic carbocycles. The molecule has 26 heavy (non-hydrogen) atoms. The van der Waals surface area contributed by atoms with Gasteiger partial charge in [-0.05, 0) is 30.9 Å². The average molecular weight is 357 g/mol. The maximum Gasteiger partial charge on any atom is 0.230 e. The average Bonchev–Trinajstić information content (AvgIpc) is 3.49. The number of para-hydroxylation sites is 1. The molecular weight excluding hydrogens is 330 g/mol. The van der Waals surface area contributed by atoms with Crippen molar-refractivity contribution in [1.82, 2.24) is 10.2 Å². The first-order chi connectivity index (χ1) is 12.7. The lowest BCUT2D eigenvalue weighted by molar-refractivity contribution is -0.126. The number of hydrogen-bond acceptors (Lipinski definition) is 4. The van der Waals surface area contributed by atoms with Crippen LogP contribution in [0.25, 0.3) is 0 Å². The summed E-state index contributed by atoms with van der Waals surface area (Å²) in [5.74, 6) is -0.154. The second-order valence-corrected chi connectivity index (χ2v) is 7.42. The Morgan fingerprint density at radius 3 is 2.77 bits per heavy atom. The predicted octanol–water partition coefficient (Wildman–Crippen LogP) is 1.05. The zero-order valence-electron chi connectivity index (χ0n) is 15.2. The Bertz CT molecular complexity index is 672. The minimum absolute atomic E-state index is 0.0295. The molecule has 4 rings (SSSR count). The molecule has 0 radical (unpaired) electrons. The second-order valence-electron chi connectivity index (χ2n) is 7.42. The molecule has 1 saturated carbocycles. The van der Waals surface area contributed by atoms with Gasteiger partial charge in [-0.3, -0.25) is 14.5 Å². The van der Waals surface area contributed by atoms with Gasteiger partial charge in [-0.2, -0.15) is 0 Å². The van der Waals surface area contributed by atoms with E-state index in [-0.39, 0.29) is 23.7 Å². The van der Waals surface area contributed by atoms with Crippen molar-refractivity contribution in [2.75, 3.05) is 50.8 Å². The van der Waals surface area contributed by atoms with Gasteiger partial charge in [0, 0.05) is 38.4 Å². The summed E-state index contributed by atoms with van der Waals surface area (Å²) in [5.41, 5.74) is 2.27. The van der Waals surface area contributed by atoms with E-state index in [9.17, 15) is 9.59 Å². The van der Waals surface area contributed by atoms with Gasteiger partial charge in [0.15, 0.2) is 0 Å². The van der Waals surface area contributed by atoms with Gasteiger partial charge in [-0.25, -0.2) is 0 Å². The van der Waals surface area contributed by atoms with E-state index in [0.29, 0.717) is 13.0 Å². The Morgan fingerprint density at radius 2 is 1.92 bits per heavy atom. The largest absolute Gasteiger partial charge is 0.379 e. The monoisotopic (exact) mass is 357 g/mol. The molecule has 0 bridgehead atoms. The molecule has 1 saturated heterocycles. The first-order valence-corrected chi connectivity index (χ1v) is 9.71. The molecule has 1 aliphatic carbocycles. The van der Waals surface area contributed by atoms with Crippen molar-refractivity contribution in [1.29, 1.82) is 0 Å². The van der Waals surface area contributed by atoms with Crippen molar-refractivity contribution in [2.45, 2.75) is 19.3 Å². The van der Waals surface area contributed by atoms with Crippen LogP contribution in [-0.4, -0.2) is 62.7 Å². The highest BCUT2D eigenvalue weighted by molar-refractivity contribution is 6.01. The Balaban J connectivity index is 1.27. The van der Waals surface area contributed by atoms with Crippen LogP contribution in [0, 0.1) is 11.8 Å². The second kappa shape index (κ2) is 7.76. The highest BCUT2D eigenvalue weighted by Gasteiger charge is 2.49. The molecule has 2 fully saturated rings. The first-order valence-electron chi connectivity index (χ1n) is 9.71. The number of carbonyl (C=O) groups excluding carboxylic acids is 2. The lowest BCUT2D eigenvalue weighted by Crippen LogP contribution is -2.42. The molecule has 3 aliphatic rings. The minimum atomic E-state index is -0.152. The molecule has 0 spiro atoms. The number of nitrogens with zero attached hydrogens (tertiary/aromatic N) is 2. The standard InChI is InChI=1S/C20H27N3O3/c24-19(21-7-9-22-10-12-26-13-11-22)16-14-17(16)20(25)23-8-3-5-15-4-1-2-6-18(15)23/h1-2,4,6,16-17H,3,5,7-14H2,(H,21,24). The highest BCUT2D eigenvalue weighted by atomic mass is 16.5. The van der Waals surface area contributed by atoms with E-state index in [1.54, 1.807) is 0 Å². The lowest BCUT2D eigenvalue weighted by Gasteiger charge is -2.29. The third-order valence-corrected chi connectivity index (χ3v) is 5.65. The van der Waals surface area contributed by atoms with Crippen LogP contribution in [0.1, 0.15) is 18.4 Å². The van der Waals surface area contributed by atoms with Crippen molar-refractivity contribution >= 4 is 17.5 Å². The van der Waals surface area contributed by atoms with Crippen molar-refractivity contribution in [3.05, 3.63) is 29.8 Å². The molecule has 6 heteroatoms. The van der Waals surface area contributed by atoms with E-state index in [2.05, 4.69) is 16.3 Å². The topological polar surface area (TPSA) is 61.9 Å². The van der Waals surface area contributed by atoms with Crippen molar-refractivity contribution in [2.24, 2.45) is 11.8 Å². The molecule has 2 atom stereocenters. The highest BCUT2D eigenvalue weighted by Crippen LogP contribution is 2.42. The molecule has 1 N–H and O–H groups in total. The Hall–Kier alpha value is -1.92. The zero-order chi connectivity index (χ0) is 17.9. The smallest absolute Gasteiger partial charge is 0.230 e. The van der Waals surface area contributed by atoms with E-state index in [0.717, 1.165) is 57.9 Å². The third-order valence-electron chi connectivity index (χ3n) is 5.65. The summed E-state index contributed by atoms with van der Waals surface area (Å²) in [6.45, 7) is 5.64. The van der Waals surface area contributed by atoms with Crippen LogP contribution in [0.3, 0.4) is 0 Å². The van der Waals surface area contributed by atoms with Gasteiger partial charge >= 0.3 is 0 Å². The number of anilines is 1. The van der Waals surface area contributed by atoms with E-state index >= 15 is 0 Å². The normalized spacial score (nSPS) is 25.5. The fourth-order valence-corrected chi connectivity index (χ4v) is 4.01. The molecule has 0 aromatic heterocycles. The minimum Gasteiger partial charge on any atom is -0.379 e. The summed E-state index contributed by atoms with van der Waals surface area (Å²) in [6, 6.07) is 8.12. The quantitative estimate of drug-likeness (QED) is 0.856. The summed E-state index contributed by atoms with van der Waals surface area (Å²) in [6.07, 6.45) is 2.70. The van der Waals surface area contributed by atoms with Gasteiger partial charge in [0.1, 0.15) is 0 Å². The number of fused-ring (bicyclic) bond motifs is 1. The van der Waals surface area contributed by atoms with Crippen LogP contribution in [0.4, 0.5) is 5.69 Å². The molecule has 2 aliphatic heterocycles. The summed E-state index contributed by atoms with van der Waals surface area (Å²) in [5, 5.41) is 3.01. The summed E-state index contributed by atoms with van der Waals surface area (Å²) >= 11 is 0. The number of nitrogens with one attached hydrogen (secondary N) is 1. The number of rotatable bonds is 5. The van der Waals surface area contributed by atoms with Crippen LogP contribution in [0.2, 0.25) is 0 Å². The Morgan fingerprint density at radius 1 is 1.12 bits per heavy atom. The number of aryl methyl sites for hydroxylation is 1. The van der Waals surface area contributed by atoms with E-state index in [4.69, 9.17) is 4.74 Å². The summed E-state index contributed by atoms with van der Waals surface area (Å²) < 4.78 is 5.33. The molecule has 140 valence electrons. The molecule has 2 amide bonds. The molecular formula is C20H27N3O3. The number of amides is 2. The van der Waals surface area contributed by atoms with Gasteiger partial charge in [0.2, 0.25) is 11.8 Å². The lowest BCUT2D eigenvalue weighted by atomic mass is 10.0. The van der Waals surface area contributed by atoms with Crippen molar-refractivity contribution < 1.29 is 14.3 Å². The van der Waals surface area contributed by atoms with Crippen LogP contribution in [-0.2, 0) is 20.7 Å². The van der Waals surface area contributed by atoms with Crippen LogP contribution >= 0.6 is 0 Å². The van der Waals surface area contributed by atoms with Crippen LogP contribution in [0.5, 0.6) is 0 Å². The Kier molecular flexibility index (Phi) is 5.22. The maximum absolute atomic E-state index is 12.9. The van der Waals surface area contributed by atoms with Crippen molar-refractivity contribution in [3.8, 4) is 0 Å². The number of benzene rings is 1. The number of carbonyl (C=O) groups is 2. The first kappa shape index (κ1) is 17.5. The summed E-state index contributed by atoms with van der Waals surface area (Å²) in [7, 11) is 0. The number of ether oxygens (including phenoxy) is 1. The van der Waals surface area contributed by atoms with E-state index in [1.165, 1.54) is 5.56 Å². The van der Waals surface area contributed by atoms with Crippen LogP contribution < -0.4 is 10.2 Å². The predicted molar refractivity (Wildman–Crippen MR) is 99.0 cm³/mol. The van der Waals surface area contributed by atoms with Gasteiger partial charge in [-0.1, -0.05) is 18.2 Å². The SMILES string of the molecule is O=C(NCCN1CCOCC1)C1CC1C(=O)N1CCCc2ccccc21. The van der Waals surface area contributed by atoms with E-state index in [1.807, 2.05) is 23.1 Å². The summed E-state index contributed by atoms with van der Waals surface area (Å²) in [4.78, 5) is 29.4. The number of morpholine rings is 1.